The quantitative estimate of drug-likeness (QED) is 0.122. The standard InChI is InChI=1S/C86H56N2O2/c1-3-20-68(21-4-1)87(81-33-12-9-24-73(81)76-28-16-30-78-75-26-11-14-35-83(75)89-85(76)78)70-50-46-59(47-51-70)58-36-38-60(39-37-58)65-44-41-62-42-45-66(56-67(62)55-65)72-27-15-31-79-80-32-17-29-77(86(80)90-84(72)79)74-25-10-13-34-82(74)88(69-22-5-2-6-23-69)71-52-48-61(49-53-71)64-43-40-57-18-7-8-19-63(57)54-64/h1-56H. The molecule has 0 spiro atoms. The number of benzene rings is 15. The van der Waals surface area contributed by atoms with Crippen LogP contribution in [0.5, 0.6) is 0 Å². The molecule has 0 N–H and O–H groups in total. The lowest BCUT2D eigenvalue weighted by Gasteiger charge is -2.28. The van der Waals surface area contributed by atoms with Gasteiger partial charge in [0, 0.05) is 72.1 Å². The molecule has 4 nitrogen and oxygen atoms in total. The number of nitrogens with zero attached hydrogens (tertiary/aromatic N) is 2. The monoisotopic (exact) mass is 1150 g/mol. The van der Waals surface area contributed by atoms with Crippen molar-refractivity contribution in [1.82, 2.24) is 0 Å². The van der Waals surface area contributed by atoms with Crippen molar-refractivity contribution in [3.05, 3.63) is 340 Å². The fourth-order valence-corrected chi connectivity index (χ4v) is 13.4. The Morgan fingerprint density at radius 2 is 0.533 bits per heavy atom. The van der Waals surface area contributed by atoms with Crippen LogP contribution in [-0.4, -0.2) is 0 Å². The zero-order valence-corrected chi connectivity index (χ0v) is 49.0. The second kappa shape index (κ2) is 22.1. The SMILES string of the molecule is c1ccc(N(c2ccc(-c3ccc(-c4ccc5ccc(-c6cccc7c6oc6c(-c8ccccc8N(c8ccccc8)c8ccc(-c9ccc%10ccccc%10c9)cc8)cccc67)cc5c4)cc3)cc2)c2ccccc2-c2cccc3c2oc2ccccc23)cc1. The van der Waals surface area contributed by atoms with E-state index in [1.165, 1.54) is 27.3 Å². The summed E-state index contributed by atoms with van der Waals surface area (Å²) in [7, 11) is 0. The first kappa shape index (κ1) is 52.4. The van der Waals surface area contributed by atoms with Crippen LogP contribution in [0.3, 0.4) is 0 Å². The van der Waals surface area contributed by atoms with Crippen molar-refractivity contribution >= 4 is 99.5 Å². The Bertz CT molecular complexity index is 5530. The van der Waals surface area contributed by atoms with E-state index in [-0.39, 0.29) is 0 Å². The van der Waals surface area contributed by atoms with Crippen molar-refractivity contribution in [3.63, 3.8) is 0 Å². The summed E-state index contributed by atoms with van der Waals surface area (Å²) < 4.78 is 13.8. The molecule has 17 rings (SSSR count). The molecule has 0 saturated carbocycles. The van der Waals surface area contributed by atoms with Gasteiger partial charge in [0.25, 0.3) is 0 Å². The minimum Gasteiger partial charge on any atom is -0.455 e. The molecule has 0 radical (unpaired) electrons. The van der Waals surface area contributed by atoms with Crippen molar-refractivity contribution in [2.24, 2.45) is 0 Å². The lowest BCUT2D eigenvalue weighted by atomic mass is 9.95. The first-order valence-electron chi connectivity index (χ1n) is 30.7. The summed E-state index contributed by atoms with van der Waals surface area (Å²) in [5, 5.41) is 9.21. The molecule has 0 unspecified atom stereocenters. The summed E-state index contributed by atoms with van der Waals surface area (Å²) in [5.41, 5.74) is 23.3. The number of furan rings is 2. The average Bonchev–Trinajstić information content (AvgIpc) is 2.11. The molecular weight excluding hydrogens is 1090 g/mol. The van der Waals surface area contributed by atoms with Crippen LogP contribution in [0.15, 0.2) is 349 Å². The Hall–Kier alpha value is -12.0. The average molecular weight is 1150 g/mol. The van der Waals surface area contributed by atoms with Crippen molar-refractivity contribution < 1.29 is 8.83 Å². The number of hydrogen-bond acceptors (Lipinski definition) is 4. The molecule has 17 aromatic rings. The fourth-order valence-electron chi connectivity index (χ4n) is 13.4. The second-order valence-electron chi connectivity index (χ2n) is 23.1. The highest BCUT2D eigenvalue weighted by atomic mass is 16.3. The van der Waals surface area contributed by atoms with E-state index >= 15 is 0 Å². The third kappa shape index (κ3) is 9.25. The fraction of sp³-hybridized carbons (Fsp3) is 0. The van der Waals surface area contributed by atoms with Gasteiger partial charge in [0.05, 0.1) is 11.4 Å². The second-order valence-corrected chi connectivity index (χ2v) is 23.1. The summed E-state index contributed by atoms with van der Waals surface area (Å²) in [6, 6.07) is 122. The summed E-state index contributed by atoms with van der Waals surface area (Å²) in [4.78, 5) is 4.70. The maximum Gasteiger partial charge on any atom is 0.143 e. The van der Waals surface area contributed by atoms with Crippen LogP contribution in [0, 0.1) is 0 Å². The van der Waals surface area contributed by atoms with Crippen LogP contribution >= 0.6 is 0 Å². The predicted molar refractivity (Wildman–Crippen MR) is 378 cm³/mol. The van der Waals surface area contributed by atoms with Gasteiger partial charge in [0.1, 0.15) is 22.3 Å². The minimum absolute atomic E-state index is 0.860. The van der Waals surface area contributed by atoms with E-state index in [4.69, 9.17) is 8.83 Å². The number of rotatable bonds is 12. The van der Waals surface area contributed by atoms with E-state index < -0.39 is 0 Å². The molecule has 4 heteroatoms. The van der Waals surface area contributed by atoms with Crippen molar-refractivity contribution in [2.45, 2.75) is 0 Å². The van der Waals surface area contributed by atoms with Crippen LogP contribution < -0.4 is 9.80 Å². The van der Waals surface area contributed by atoms with E-state index in [0.29, 0.717) is 0 Å². The summed E-state index contributed by atoms with van der Waals surface area (Å²) in [6.45, 7) is 0. The molecule has 0 bridgehead atoms. The van der Waals surface area contributed by atoms with E-state index in [0.717, 1.165) is 139 Å². The highest BCUT2D eigenvalue weighted by Crippen LogP contribution is 2.48. The molecule has 2 heterocycles. The van der Waals surface area contributed by atoms with Crippen molar-refractivity contribution in [1.29, 1.82) is 0 Å². The molecule has 0 aliphatic heterocycles. The Kier molecular flexibility index (Phi) is 12.8. The number of para-hydroxylation sites is 8. The minimum atomic E-state index is 0.860. The molecule has 0 amide bonds. The van der Waals surface area contributed by atoms with E-state index in [1.54, 1.807) is 0 Å². The lowest BCUT2D eigenvalue weighted by Crippen LogP contribution is -2.11. The molecule has 0 atom stereocenters. The molecule has 0 fully saturated rings. The number of anilines is 6. The lowest BCUT2D eigenvalue weighted by molar-refractivity contribution is 0.670. The first-order chi connectivity index (χ1) is 44.6. The van der Waals surface area contributed by atoms with Crippen molar-refractivity contribution in [2.75, 3.05) is 9.80 Å². The zero-order chi connectivity index (χ0) is 59.5. The van der Waals surface area contributed by atoms with Gasteiger partial charge in [-0.2, -0.15) is 0 Å². The molecular formula is C86H56N2O2. The summed E-state index contributed by atoms with van der Waals surface area (Å²) in [5.74, 6) is 0. The van der Waals surface area contributed by atoms with E-state index in [2.05, 4.69) is 337 Å². The van der Waals surface area contributed by atoms with Gasteiger partial charge in [-0.15, -0.1) is 0 Å². The molecule has 0 aliphatic carbocycles. The Morgan fingerprint density at radius 3 is 1.10 bits per heavy atom. The largest absolute Gasteiger partial charge is 0.455 e. The van der Waals surface area contributed by atoms with Gasteiger partial charge in [-0.25, -0.2) is 0 Å². The highest BCUT2D eigenvalue weighted by molar-refractivity contribution is 6.15. The summed E-state index contributed by atoms with van der Waals surface area (Å²) in [6.07, 6.45) is 0. The van der Waals surface area contributed by atoms with Gasteiger partial charge < -0.3 is 18.6 Å². The van der Waals surface area contributed by atoms with Gasteiger partial charge in [0.2, 0.25) is 0 Å². The molecule has 0 saturated heterocycles. The third-order valence-electron chi connectivity index (χ3n) is 17.9. The van der Waals surface area contributed by atoms with Crippen LogP contribution in [0.2, 0.25) is 0 Å². The van der Waals surface area contributed by atoms with Gasteiger partial charge in [0.15, 0.2) is 0 Å². The van der Waals surface area contributed by atoms with Gasteiger partial charge >= 0.3 is 0 Å². The first-order valence-corrected chi connectivity index (χ1v) is 30.7. The molecule has 2 aromatic heterocycles. The third-order valence-corrected chi connectivity index (χ3v) is 17.9. The number of fused-ring (bicyclic) bond motifs is 8. The van der Waals surface area contributed by atoms with Gasteiger partial charge in [-0.3, -0.25) is 0 Å². The Balaban J connectivity index is 0.670. The maximum atomic E-state index is 7.20. The maximum absolute atomic E-state index is 7.20. The van der Waals surface area contributed by atoms with Crippen LogP contribution in [0.4, 0.5) is 34.1 Å². The molecule has 90 heavy (non-hydrogen) atoms. The van der Waals surface area contributed by atoms with Crippen LogP contribution in [0.25, 0.3) is 132 Å². The van der Waals surface area contributed by atoms with Gasteiger partial charge in [-0.1, -0.05) is 255 Å². The van der Waals surface area contributed by atoms with Gasteiger partial charge in [-0.05, 0) is 145 Å². The highest BCUT2D eigenvalue weighted by Gasteiger charge is 2.24. The van der Waals surface area contributed by atoms with E-state index in [1.807, 2.05) is 12.1 Å². The number of hydrogen-bond donors (Lipinski definition) is 0. The topological polar surface area (TPSA) is 32.8 Å². The van der Waals surface area contributed by atoms with Crippen LogP contribution in [0.1, 0.15) is 0 Å². The van der Waals surface area contributed by atoms with Crippen molar-refractivity contribution in [3.8, 4) is 66.8 Å². The van der Waals surface area contributed by atoms with Crippen LogP contribution in [-0.2, 0) is 0 Å². The smallest absolute Gasteiger partial charge is 0.143 e. The molecule has 15 aromatic carbocycles. The van der Waals surface area contributed by atoms with E-state index in [9.17, 15) is 0 Å². The summed E-state index contributed by atoms with van der Waals surface area (Å²) >= 11 is 0. The molecule has 0 aliphatic rings. The Labute approximate surface area is 521 Å². The molecule has 422 valence electrons. The Morgan fingerprint density at radius 1 is 0.189 bits per heavy atom. The zero-order valence-electron chi connectivity index (χ0n) is 49.0. The normalized spacial score (nSPS) is 11.6. The predicted octanol–water partition coefficient (Wildman–Crippen LogP) is 24.7.